The molecule has 0 amide bonds. The molecule has 1 aromatic heterocycles. The van der Waals surface area contributed by atoms with Crippen molar-refractivity contribution in [1.82, 2.24) is 4.98 Å². The SMILES string of the molecule is NCc1cc2c(nc1OCC1CCCCO1)CCC2. The van der Waals surface area contributed by atoms with Crippen LogP contribution in [0.4, 0.5) is 0 Å². The molecule has 1 aliphatic carbocycles. The van der Waals surface area contributed by atoms with E-state index in [1.807, 2.05) is 0 Å². The van der Waals surface area contributed by atoms with E-state index in [1.165, 1.54) is 30.5 Å². The lowest BCUT2D eigenvalue weighted by Gasteiger charge is -2.23. The van der Waals surface area contributed by atoms with Gasteiger partial charge in [-0.25, -0.2) is 4.98 Å². The molecule has 1 unspecified atom stereocenters. The van der Waals surface area contributed by atoms with Crippen molar-refractivity contribution >= 4 is 0 Å². The Morgan fingerprint density at radius 3 is 3.05 bits per heavy atom. The van der Waals surface area contributed by atoms with Gasteiger partial charge in [0.05, 0.1) is 6.10 Å². The second-order valence-corrected chi connectivity index (χ2v) is 5.42. The standard InChI is InChI=1S/C15H22N2O2/c16-9-12-8-11-4-3-6-14(11)17-15(12)19-10-13-5-1-2-7-18-13/h8,13H,1-7,9-10,16H2. The number of fused-ring (bicyclic) bond motifs is 1. The molecule has 0 saturated carbocycles. The first-order valence-corrected chi connectivity index (χ1v) is 7.33. The number of hydrogen-bond donors (Lipinski definition) is 1. The zero-order valence-corrected chi connectivity index (χ0v) is 11.4. The molecule has 19 heavy (non-hydrogen) atoms. The molecule has 1 aromatic rings. The van der Waals surface area contributed by atoms with E-state index in [9.17, 15) is 0 Å². The van der Waals surface area contributed by atoms with Crippen molar-refractivity contribution in [3.05, 3.63) is 22.9 Å². The Morgan fingerprint density at radius 1 is 1.32 bits per heavy atom. The Hall–Kier alpha value is -1.13. The molecule has 1 aliphatic heterocycles. The molecule has 0 spiro atoms. The molecule has 0 aromatic carbocycles. The highest BCUT2D eigenvalue weighted by molar-refractivity contribution is 5.36. The summed E-state index contributed by atoms with van der Waals surface area (Å²) >= 11 is 0. The van der Waals surface area contributed by atoms with Gasteiger partial charge in [-0.2, -0.15) is 0 Å². The van der Waals surface area contributed by atoms with E-state index in [-0.39, 0.29) is 6.10 Å². The van der Waals surface area contributed by atoms with E-state index >= 15 is 0 Å². The van der Waals surface area contributed by atoms with Gasteiger partial charge in [0.1, 0.15) is 6.61 Å². The van der Waals surface area contributed by atoms with Crippen molar-refractivity contribution in [3.63, 3.8) is 0 Å². The Balaban J connectivity index is 1.69. The topological polar surface area (TPSA) is 57.4 Å². The minimum absolute atomic E-state index is 0.217. The maximum atomic E-state index is 5.88. The number of aryl methyl sites for hydroxylation is 2. The van der Waals surface area contributed by atoms with Gasteiger partial charge >= 0.3 is 0 Å². The first-order chi connectivity index (χ1) is 9.36. The van der Waals surface area contributed by atoms with Gasteiger partial charge in [0.25, 0.3) is 0 Å². The maximum absolute atomic E-state index is 5.88. The van der Waals surface area contributed by atoms with Gasteiger partial charge in [-0.1, -0.05) is 0 Å². The Kier molecular flexibility index (Phi) is 3.99. The zero-order chi connectivity index (χ0) is 13.1. The zero-order valence-electron chi connectivity index (χ0n) is 11.4. The molecular weight excluding hydrogens is 240 g/mol. The first kappa shape index (κ1) is 12.9. The Bertz CT molecular complexity index is 442. The highest BCUT2D eigenvalue weighted by atomic mass is 16.5. The van der Waals surface area contributed by atoms with E-state index in [0.717, 1.165) is 37.3 Å². The lowest BCUT2D eigenvalue weighted by atomic mass is 10.1. The predicted molar refractivity (Wildman–Crippen MR) is 73.2 cm³/mol. The van der Waals surface area contributed by atoms with Gasteiger partial charge in [0.2, 0.25) is 5.88 Å². The first-order valence-electron chi connectivity index (χ1n) is 7.33. The quantitative estimate of drug-likeness (QED) is 0.901. The molecule has 3 rings (SSSR count). The number of nitrogens with zero attached hydrogens (tertiary/aromatic N) is 1. The third-order valence-corrected chi connectivity index (χ3v) is 3.99. The minimum atomic E-state index is 0.217. The highest BCUT2D eigenvalue weighted by Gasteiger charge is 2.19. The summed E-state index contributed by atoms with van der Waals surface area (Å²) in [5.41, 5.74) is 9.37. The Labute approximate surface area is 114 Å². The summed E-state index contributed by atoms with van der Waals surface area (Å²) < 4.78 is 11.6. The van der Waals surface area contributed by atoms with Crippen LogP contribution in [0, 0.1) is 0 Å². The molecule has 1 saturated heterocycles. The molecule has 1 atom stereocenters. The van der Waals surface area contributed by atoms with Crippen LogP contribution >= 0.6 is 0 Å². The highest BCUT2D eigenvalue weighted by Crippen LogP contribution is 2.27. The van der Waals surface area contributed by atoms with Crippen LogP contribution in [0.15, 0.2) is 6.07 Å². The lowest BCUT2D eigenvalue weighted by Crippen LogP contribution is -2.26. The van der Waals surface area contributed by atoms with E-state index in [1.54, 1.807) is 0 Å². The van der Waals surface area contributed by atoms with Crippen LogP contribution in [0.3, 0.4) is 0 Å². The van der Waals surface area contributed by atoms with Gasteiger partial charge < -0.3 is 15.2 Å². The van der Waals surface area contributed by atoms with Crippen LogP contribution in [-0.2, 0) is 24.1 Å². The summed E-state index contributed by atoms with van der Waals surface area (Å²) in [5.74, 6) is 0.720. The normalized spacial score (nSPS) is 22.3. The molecule has 0 radical (unpaired) electrons. The van der Waals surface area contributed by atoms with Crippen molar-refractivity contribution in [3.8, 4) is 5.88 Å². The third kappa shape index (κ3) is 2.90. The summed E-state index contributed by atoms with van der Waals surface area (Å²) in [6.07, 6.45) is 7.09. The van der Waals surface area contributed by atoms with Crippen molar-refractivity contribution in [2.24, 2.45) is 5.73 Å². The predicted octanol–water partition coefficient (Wildman–Crippen LogP) is 1.98. The summed E-state index contributed by atoms with van der Waals surface area (Å²) in [6, 6.07) is 2.17. The number of aromatic nitrogens is 1. The van der Waals surface area contributed by atoms with E-state index < -0.39 is 0 Å². The largest absolute Gasteiger partial charge is 0.475 e. The van der Waals surface area contributed by atoms with Gasteiger partial charge in [-0.05, 0) is 50.2 Å². The Morgan fingerprint density at radius 2 is 2.26 bits per heavy atom. The van der Waals surface area contributed by atoms with E-state index in [0.29, 0.717) is 13.2 Å². The number of pyridine rings is 1. The summed E-state index contributed by atoms with van der Waals surface area (Å²) in [7, 11) is 0. The number of ether oxygens (including phenoxy) is 2. The summed E-state index contributed by atoms with van der Waals surface area (Å²) in [6.45, 7) is 1.94. The van der Waals surface area contributed by atoms with Crippen LogP contribution in [0.25, 0.3) is 0 Å². The molecular formula is C15H22N2O2. The van der Waals surface area contributed by atoms with Crippen LogP contribution in [0.2, 0.25) is 0 Å². The summed E-state index contributed by atoms with van der Waals surface area (Å²) in [4.78, 5) is 4.65. The van der Waals surface area contributed by atoms with Crippen LogP contribution < -0.4 is 10.5 Å². The van der Waals surface area contributed by atoms with Crippen LogP contribution in [-0.4, -0.2) is 24.3 Å². The van der Waals surface area contributed by atoms with Gasteiger partial charge in [0.15, 0.2) is 0 Å². The van der Waals surface area contributed by atoms with Gasteiger partial charge in [0, 0.05) is 24.4 Å². The second-order valence-electron chi connectivity index (χ2n) is 5.42. The second kappa shape index (κ2) is 5.88. The van der Waals surface area contributed by atoms with Crippen molar-refractivity contribution in [1.29, 1.82) is 0 Å². The van der Waals surface area contributed by atoms with Crippen LogP contribution in [0.1, 0.15) is 42.5 Å². The minimum Gasteiger partial charge on any atom is -0.475 e. The van der Waals surface area contributed by atoms with Gasteiger partial charge in [-0.15, -0.1) is 0 Å². The molecule has 2 heterocycles. The molecule has 2 aliphatic rings. The smallest absolute Gasteiger partial charge is 0.218 e. The fourth-order valence-electron chi connectivity index (χ4n) is 2.88. The van der Waals surface area contributed by atoms with E-state index in [2.05, 4.69) is 11.1 Å². The number of rotatable bonds is 4. The molecule has 2 N–H and O–H groups in total. The fourth-order valence-corrected chi connectivity index (χ4v) is 2.88. The molecule has 4 nitrogen and oxygen atoms in total. The molecule has 1 fully saturated rings. The summed E-state index contributed by atoms with van der Waals surface area (Å²) in [5, 5.41) is 0. The number of nitrogens with two attached hydrogens (primary N) is 1. The third-order valence-electron chi connectivity index (χ3n) is 3.99. The molecule has 0 bridgehead atoms. The van der Waals surface area contributed by atoms with Crippen molar-refractivity contribution in [2.45, 2.75) is 51.2 Å². The monoisotopic (exact) mass is 262 g/mol. The van der Waals surface area contributed by atoms with Crippen LogP contribution in [0.5, 0.6) is 5.88 Å². The van der Waals surface area contributed by atoms with Crippen molar-refractivity contribution < 1.29 is 9.47 Å². The maximum Gasteiger partial charge on any atom is 0.218 e. The average molecular weight is 262 g/mol. The fraction of sp³-hybridized carbons (Fsp3) is 0.667. The van der Waals surface area contributed by atoms with Crippen molar-refractivity contribution in [2.75, 3.05) is 13.2 Å². The molecule has 4 heteroatoms. The lowest BCUT2D eigenvalue weighted by molar-refractivity contribution is -0.0121. The number of hydrogen-bond acceptors (Lipinski definition) is 4. The van der Waals surface area contributed by atoms with E-state index in [4.69, 9.17) is 15.2 Å². The molecule has 104 valence electrons. The average Bonchev–Trinajstić information content (AvgIpc) is 2.92. The van der Waals surface area contributed by atoms with Gasteiger partial charge in [-0.3, -0.25) is 0 Å².